The van der Waals surface area contributed by atoms with Crippen molar-refractivity contribution >= 4 is 21.8 Å². The van der Waals surface area contributed by atoms with Crippen molar-refractivity contribution in [1.29, 1.82) is 0 Å². The van der Waals surface area contributed by atoms with Crippen molar-refractivity contribution in [3.8, 4) is 22.8 Å². The number of para-hydroxylation sites is 1. The predicted molar refractivity (Wildman–Crippen MR) is 101 cm³/mol. The Morgan fingerprint density at radius 2 is 1.81 bits per heavy atom. The summed E-state index contributed by atoms with van der Waals surface area (Å²) in [5, 5.41) is 1.49. The fourth-order valence-corrected chi connectivity index (χ4v) is 3.07. The van der Waals surface area contributed by atoms with Crippen molar-refractivity contribution in [3.63, 3.8) is 0 Å². The molecule has 1 N–H and O–H groups in total. The van der Waals surface area contributed by atoms with Gasteiger partial charge in [-0.15, -0.1) is 0 Å². The second kappa shape index (κ2) is 5.67. The average Bonchev–Trinajstić information content (AvgIpc) is 3.12. The summed E-state index contributed by atoms with van der Waals surface area (Å²) in [6.07, 6.45) is 1.74. The van der Waals surface area contributed by atoms with Gasteiger partial charge in [0.2, 0.25) is 5.89 Å². The van der Waals surface area contributed by atoms with Crippen molar-refractivity contribution in [2.24, 2.45) is 0 Å². The summed E-state index contributed by atoms with van der Waals surface area (Å²) in [7, 11) is 0. The molecule has 0 amide bonds. The SMILES string of the molecule is O=c1oc(-c2cc3ccccc3[nH]2)nc2cc(-c3ccccn3)ccc12. The summed E-state index contributed by atoms with van der Waals surface area (Å²) >= 11 is 0. The normalized spacial score (nSPS) is 11.2. The van der Waals surface area contributed by atoms with Gasteiger partial charge < -0.3 is 9.40 Å². The number of aromatic amines is 1. The molecule has 26 heavy (non-hydrogen) atoms. The molecule has 0 saturated carbocycles. The first kappa shape index (κ1) is 14.6. The number of hydrogen-bond donors (Lipinski definition) is 1. The lowest BCUT2D eigenvalue weighted by atomic mass is 10.1. The Labute approximate surface area is 148 Å². The first-order valence-electron chi connectivity index (χ1n) is 8.22. The van der Waals surface area contributed by atoms with Gasteiger partial charge in [0, 0.05) is 22.7 Å². The number of benzene rings is 2. The molecule has 0 aliphatic rings. The smallest absolute Gasteiger partial charge is 0.347 e. The van der Waals surface area contributed by atoms with Crippen molar-refractivity contribution in [2.75, 3.05) is 0 Å². The van der Waals surface area contributed by atoms with Gasteiger partial charge in [-0.1, -0.05) is 30.3 Å². The van der Waals surface area contributed by atoms with Crippen molar-refractivity contribution in [2.45, 2.75) is 0 Å². The second-order valence-corrected chi connectivity index (χ2v) is 6.02. The molecule has 124 valence electrons. The Balaban J connectivity index is 1.70. The summed E-state index contributed by atoms with van der Waals surface area (Å²) in [5.41, 5.74) is 3.55. The van der Waals surface area contributed by atoms with Gasteiger partial charge in [-0.2, -0.15) is 0 Å². The Kier molecular flexibility index (Phi) is 3.18. The third-order valence-electron chi connectivity index (χ3n) is 4.35. The lowest BCUT2D eigenvalue weighted by molar-refractivity contribution is 0.516. The summed E-state index contributed by atoms with van der Waals surface area (Å²) in [6, 6.07) is 21.0. The van der Waals surface area contributed by atoms with E-state index in [-0.39, 0.29) is 5.89 Å². The molecule has 5 rings (SSSR count). The highest BCUT2D eigenvalue weighted by molar-refractivity contribution is 5.86. The lowest BCUT2D eigenvalue weighted by Crippen LogP contribution is -2.03. The summed E-state index contributed by atoms with van der Waals surface area (Å²) in [6.45, 7) is 0. The number of rotatable bonds is 2. The number of aromatic nitrogens is 3. The van der Waals surface area contributed by atoms with Crippen molar-refractivity contribution in [3.05, 3.63) is 83.3 Å². The van der Waals surface area contributed by atoms with Gasteiger partial charge in [-0.25, -0.2) is 9.78 Å². The monoisotopic (exact) mass is 339 g/mol. The maximum Gasteiger partial charge on any atom is 0.347 e. The number of nitrogens with one attached hydrogen (secondary N) is 1. The summed E-state index contributed by atoms with van der Waals surface area (Å²) in [4.78, 5) is 24.6. The summed E-state index contributed by atoms with van der Waals surface area (Å²) < 4.78 is 5.44. The number of hydrogen-bond acceptors (Lipinski definition) is 4. The predicted octanol–water partition coefficient (Wildman–Crippen LogP) is 4.40. The van der Waals surface area contributed by atoms with Gasteiger partial charge in [-0.05, 0) is 36.4 Å². The number of fused-ring (bicyclic) bond motifs is 2. The fraction of sp³-hybridized carbons (Fsp3) is 0. The van der Waals surface area contributed by atoms with Crippen LogP contribution in [0.25, 0.3) is 44.6 Å². The molecular formula is C21H13N3O2. The quantitative estimate of drug-likeness (QED) is 0.517. The van der Waals surface area contributed by atoms with Crippen LogP contribution in [0, 0.1) is 0 Å². The maximum absolute atomic E-state index is 12.4. The van der Waals surface area contributed by atoms with E-state index in [0.717, 1.165) is 22.2 Å². The summed E-state index contributed by atoms with van der Waals surface area (Å²) in [5.74, 6) is 0.275. The van der Waals surface area contributed by atoms with E-state index < -0.39 is 5.63 Å². The highest BCUT2D eigenvalue weighted by Gasteiger charge is 2.12. The lowest BCUT2D eigenvalue weighted by Gasteiger charge is -2.03. The molecular weight excluding hydrogens is 326 g/mol. The Morgan fingerprint density at radius 1 is 0.923 bits per heavy atom. The molecule has 0 unspecified atom stereocenters. The van der Waals surface area contributed by atoms with Gasteiger partial charge in [0.1, 0.15) is 5.69 Å². The first-order chi connectivity index (χ1) is 12.8. The Morgan fingerprint density at radius 3 is 2.65 bits per heavy atom. The van der Waals surface area contributed by atoms with Gasteiger partial charge in [0.25, 0.3) is 0 Å². The van der Waals surface area contributed by atoms with E-state index in [0.29, 0.717) is 16.6 Å². The number of H-pyrrole nitrogens is 1. The van der Waals surface area contributed by atoms with Crippen LogP contribution in [0.15, 0.2) is 82.1 Å². The molecule has 0 spiro atoms. The third-order valence-corrected chi connectivity index (χ3v) is 4.35. The molecule has 0 radical (unpaired) electrons. The van der Waals surface area contributed by atoms with Crippen LogP contribution in [0.4, 0.5) is 0 Å². The molecule has 5 aromatic rings. The first-order valence-corrected chi connectivity index (χ1v) is 8.22. The standard InChI is InChI=1S/C21H13N3O2/c25-21-15-9-8-14(16-6-3-4-10-22-16)11-18(15)24-20(26-21)19-12-13-5-1-2-7-17(13)23-19/h1-12,23H. The van der Waals surface area contributed by atoms with Crippen LogP contribution in [0.1, 0.15) is 0 Å². The minimum Gasteiger partial charge on any atom is -0.401 e. The highest BCUT2D eigenvalue weighted by Crippen LogP contribution is 2.25. The maximum atomic E-state index is 12.4. The number of nitrogens with zero attached hydrogens (tertiary/aromatic N) is 2. The zero-order valence-electron chi connectivity index (χ0n) is 13.6. The second-order valence-electron chi connectivity index (χ2n) is 6.02. The van der Waals surface area contributed by atoms with Crippen LogP contribution in [-0.2, 0) is 0 Å². The molecule has 0 aliphatic carbocycles. The molecule has 0 saturated heterocycles. The minimum atomic E-state index is -0.406. The van der Waals surface area contributed by atoms with Crippen LogP contribution < -0.4 is 5.63 Å². The van der Waals surface area contributed by atoms with Crippen LogP contribution in [-0.4, -0.2) is 15.0 Å². The molecule has 0 aliphatic heterocycles. The highest BCUT2D eigenvalue weighted by atomic mass is 16.4. The van der Waals surface area contributed by atoms with Crippen LogP contribution in [0.2, 0.25) is 0 Å². The molecule has 0 fully saturated rings. The van der Waals surface area contributed by atoms with E-state index in [1.807, 2.05) is 60.7 Å². The molecule has 0 bridgehead atoms. The van der Waals surface area contributed by atoms with Crippen molar-refractivity contribution in [1.82, 2.24) is 15.0 Å². The van der Waals surface area contributed by atoms with E-state index in [1.165, 1.54) is 0 Å². The Hall–Kier alpha value is -3.73. The van der Waals surface area contributed by atoms with E-state index in [9.17, 15) is 4.79 Å². The molecule has 5 heteroatoms. The van der Waals surface area contributed by atoms with Crippen molar-refractivity contribution < 1.29 is 4.42 Å². The zero-order chi connectivity index (χ0) is 17.5. The zero-order valence-corrected chi connectivity index (χ0v) is 13.6. The molecule has 0 atom stereocenters. The Bertz CT molecular complexity index is 1270. The van der Waals surface area contributed by atoms with Crippen LogP contribution in [0.5, 0.6) is 0 Å². The molecule has 5 nitrogen and oxygen atoms in total. The minimum absolute atomic E-state index is 0.275. The van der Waals surface area contributed by atoms with E-state index in [1.54, 1.807) is 12.3 Å². The molecule has 3 aromatic heterocycles. The fourth-order valence-electron chi connectivity index (χ4n) is 3.07. The van der Waals surface area contributed by atoms with E-state index in [4.69, 9.17) is 4.42 Å². The van der Waals surface area contributed by atoms with E-state index >= 15 is 0 Å². The van der Waals surface area contributed by atoms with Gasteiger partial charge >= 0.3 is 5.63 Å². The van der Waals surface area contributed by atoms with Crippen LogP contribution in [0.3, 0.4) is 0 Å². The average molecular weight is 339 g/mol. The topological polar surface area (TPSA) is 71.8 Å². The van der Waals surface area contributed by atoms with Gasteiger partial charge in [-0.3, -0.25) is 4.98 Å². The molecule has 3 heterocycles. The van der Waals surface area contributed by atoms with Gasteiger partial charge in [0.05, 0.1) is 16.6 Å². The third kappa shape index (κ3) is 2.38. The van der Waals surface area contributed by atoms with Gasteiger partial charge in [0.15, 0.2) is 0 Å². The number of pyridine rings is 1. The van der Waals surface area contributed by atoms with E-state index in [2.05, 4.69) is 15.0 Å². The largest absolute Gasteiger partial charge is 0.401 e. The molecule has 2 aromatic carbocycles. The van der Waals surface area contributed by atoms with Crippen LogP contribution >= 0.6 is 0 Å².